The Morgan fingerprint density at radius 1 is 1.28 bits per heavy atom. The molecular formula is C14H16FNO2. The van der Waals surface area contributed by atoms with E-state index in [2.05, 4.69) is 0 Å². The maximum Gasteiger partial charge on any atom is 0.223 e. The summed E-state index contributed by atoms with van der Waals surface area (Å²) in [7, 11) is 0. The van der Waals surface area contributed by atoms with Crippen LogP contribution < -0.4 is 0 Å². The minimum Gasteiger partial charge on any atom is -0.338 e. The van der Waals surface area contributed by atoms with Gasteiger partial charge >= 0.3 is 0 Å². The van der Waals surface area contributed by atoms with Crippen LogP contribution in [0, 0.1) is 5.82 Å². The van der Waals surface area contributed by atoms with Gasteiger partial charge in [-0.3, -0.25) is 4.79 Å². The summed E-state index contributed by atoms with van der Waals surface area (Å²) in [4.78, 5) is 24.5. The molecule has 1 aromatic rings. The molecule has 0 bridgehead atoms. The molecule has 0 atom stereocenters. The van der Waals surface area contributed by atoms with E-state index in [9.17, 15) is 14.0 Å². The van der Waals surface area contributed by atoms with Crippen LogP contribution in [-0.4, -0.2) is 23.1 Å². The molecule has 0 N–H and O–H groups in total. The van der Waals surface area contributed by atoms with Gasteiger partial charge in [-0.25, -0.2) is 4.39 Å². The summed E-state index contributed by atoms with van der Waals surface area (Å²) < 4.78 is 13.0. The van der Waals surface area contributed by atoms with Crippen LogP contribution in [0.1, 0.15) is 30.9 Å². The van der Waals surface area contributed by atoms with E-state index >= 15 is 0 Å². The maximum atomic E-state index is 13.0. The number of carbonyl (C=O) groups is 2. The van der Waals surface area contributed by atoms with E-state index in [1.165, 1.54) is 19.1 Å². The third kappa shape index (κ3) is 2.94. The van der Waals surface area contributed by atoms with E-state index < -0.39 is 0 Å². The largest absolute Gasteiger partial charge is 0.338 e. The lowest BCUT2D eigenvalue weighted by Crippen LogP contribution is -2.36. The molecule has 0 unspecified atom stereocenters. The van der Waals surface area contributed by atoms with Gasteiger partial charge in [0.2, 0.25) is 5.91 Å². The van der Waals surface area contributed by atoms with Crippen molar-refractivity contribution in [2.75, 3.05) is 6.54 Å². The van der Waals surface area contributed by atoms with Crippen molar-refractivity contribution >= 4 is 11.7 Å². The molecule has 1 aliphatic heterocycles. The summed E-state index contributed by atoms with van der Waals surface area (Å²) in [6, 6.07) is 4.68. The highest BCUT2D eigenvalue weighted by atomic mass is 19.1. The lowest BCUT2D eigenvalue weighted by molar-refractivity contribution is -0.133. The fraction of sp³-hybridized carbons (Fsp3) is 0.429. The standard InChI is InChI=1S/C14H16FNO2/c1-10(17)2-5-14(18)16-7-6-11-8-13(15)4-3-12(11)9-16/h3-4,8H,2,5-7,9H2,1H3. The number of amides is 1. The Balaban J connectivity index is 2.01. The molecule has 0 saturated carbocycles. The highest BCUT2D eigenvalue weighted by molar-refractivity contribution is 5.83. The topological polar surface area (TPSA) is 37.4 Å². The molecule has 18 heavy (non-hydrogen) atoms. The molecule has 1 aliphatic rings. The molecule has 96 valence electrons. The Morgan fingerprint density at radius 2 is 2.06 bits per heavy atom. The fourth-order valence-electron chi connectivity index (χ4n) is 2.18. The maximum absolute atomic E-state index is 13.0. The van der Waals surface area contributed by atoms with Crippen LogP contribution in [0.15, 0.2) is 18.2 Å². The first-order valence-electron chi connectivity index (χ1n) is 6.11. The van der Waals surface area contributed by atoms with Crippen LogP contribution in [0.25, 0.3) is 0 Å². The molecule has 1 amide bonds. The minimum absolute atomic E-state index is 0.000162. The SMILES string of the molecule is CC(=O)CCC(=O)N1CCc2cc(F)ccc2C1. The molecule has 4 heteroatoms. The summed E-state index contributed by atoms with van der Waals surface area (Å²) in [5.74, 6) is -0.201. The van der Waals surface area contributed by atoms with Gasteiger partial charge in [0.25, 0.3) is 0 Å². The minimum atomic E-state index is -0.231. The van der Waals surface area contributed by atoms with Gasteiger partial charge in [0, 0.05) is 25.9 Å². The van der Waals surface area contributed by atoms with Gasteiger partial charge in [0.1, 0.15) is 11.6 Å². The average molecular weight is 249 g/mol. The second-order valence-electron chi connectivity index (χ2n) is 4.68. The number of benzene rings is 1. The van der Waals surface area contributed by atoms with Crippen LogP contribution in [-0.2, 0) is 22.6 Å². The van der Waals surface area contributed by atoms with Crippen molar-refractivity contribution in [1.29, 1.82) is 0 Å². The van der Waals surface area contributed by atoms with Gasteiger partial charge in [-0.1, -0.05) is 6.07 Å². The van der Waals surface area contributed by atoms with E-state index in [4.69, 9.17) is 0 Å². The number of hydrogen-bond donors (Lipinski definition) is 0. The van der Waals surface area contributed by atoms with E-state index in [0.717, 1.165) is 11.1 Å². The van der Waals surface area contributed by atoms with Crippen molar-refractivity contribution in [3.05, 3.63) is 35.1 Å². The quantitative estimate of drug-likeness (QED) is 0.822. The van der Waals surface area contributed by atoms with Crippen molar-refractivity contribution in [2.45, 2.75) is 32.7 Å². The second-order valence-corrected chi connectivity index (χ2v) is 4.68. The molecule has 2 rings (SSSR count). The Bertz CT molecular complexity index is 485. The summed E-state index contributed by atoms with van der Waals surface area (Å²) >= 11 is 0. The lowest BCUT2D eigenvalue weighted by atomic mass is 9.99. The Morgan fingerprint density at radius 3 is 2.78 bits per heavy atom. The zero-order valence-electron chi connectivity index (χ0n) is 10.4. The third-order valence-electron chi connectivity index (χ3n) is 3.22. The normalized spacial score (nSPS) is 14.2. The number of rotatable bonds is 3. The first-order chi connectivity index (χ1) is 8.56. The molecule has 0 radical (unpaired) electrons. The predicted molar refractivity (Wildman–Crippen MR) is 65.4 cm³/mol. The molecule has 0 saturated heterocycles. The van der Waals surface area contributed by atoms with Gasteiger partial charge in [-0.15, -0.1) is 0 Å². The average Bonchev–Trinajstić information content (AvgIpc) is 2.35. The van der Waals surface area contributed by atoms with E-state index in [1.807, 2.05) is 0 Å². The molecule has 0 aliphatic carbocycles. The van der Waals surface area contributed by atoms with E-state index in [1.54, 1.807) is 11.0 Å². The predicted octanol–water partition coefficient (Wildman–Crippen LogP) is 2.08. The number of hydrogen-bond acceptors (Lipinski definition) is 2. The van der Waals surface area contributed by atoms with Crippen LogP contribution in [0.4, 0.5) is 4.39 Å². The molecule has 0 fully saturated rings. The van der Waals surface area contributed by atoms with Gasteiger partial charge in [-0.05, 0) is 36.6 Å². The van der Waals surface area contributed by atoms with Crippen LogP contribution >= 0.6 is 0 Å². The zero-order valence-corrected chi connectivity index (χ0v) is 10.4. The first-order valence-corrected chi connectivity index (χ1v) is 6.11. The Hall–Kier alpha value is -1.71. The number of fused-ring (bicyclic) bond motifs is 1. The van der Waals surface area contributed by atoms with Crippen molar-refractivity contribution in [1.82, 2.24) is 4.90 Å². The number of halogens is 1. The van der Waals surface area contributed by atoms with Gasteiger partial charge < -0.3 is 9.69 Å². The highest BCUT2D eigenvalue weighted by Gasteiger charge is 2.20. The van der Waals surface area contributed by atoms with Gasteiger partial charge in [0.15, 0.2) is 0 Å². The van der Waals surface area contributed by atoms with E-state index in [-0.39, 0.29) is 23.9 Å². The molecule has 0 aromatic heterocycles. The summed E-state index contributed by atoms with van der Waals surface area (Å²) in [6.07, 6.45) is 1.25. The number of Topliss-reactive ketones (excluding diaryl/α,β-unsaturated/α-hetero) is 1. The molecular weight excluding hydrogens is 233 g/mol. The van der Waals surface area contributed by atoms with Crippen LogP contribution in [0.2, 0.25) is 0 Å². The molecule has 3 nitrogen and oxygen atoms in total. The Kier molecular flexibility index (Phi) is 3.75. The number of ketones is 1. The number of nitrogens with zero attached hydrogens (tertiary/aromatic N) is 1. The zero-order chi connectivity index (χ0) is 13.1. The lowest BCUT2D eigenvalue weighted by Gasteiger charge is -2.29. The summed E-state index contributed by atoms with van der Waals surface area (Å²) in [5, 5.41) is 0. The van der Waals surface area contributed by atoms with Crippen molar-refractivity contribution in [3.8, 4) is 0 Å². The monoisotopic (exact) mass is 249 g/mol. The van der Waals surface area contributed by atoms with Gasteiger partial charge in [-0.2, -0.15) is 0 Å². The fourth-order valence-corrected chi connectivity index (χ4v) is 2.18. The first kappa shape index (κ1) is 12.7. The molecule has 1 aromatic carbocycles. The van der Waals surface area contributed by atoms with Crippen LogP contribution in [0.3, 0.4) is 0 Å². The molecule has 1 heterocycles. The van der Waals surface area contributed by atoms with Crippen molar-refractivity contribution in [3.63, 3.8) is 0 Å². The van der Waals surface area contributed by atoms with Crippen LogP contribution in [0.5, 0.6) is 0 Å². The van der Waals surface area contributed by atoms with E-state index in [0.29, 0.717) is 25.9 Å². The summed E-state index contributed by atoms with van der Waals surface area (Å²) in [6.45, 7) is 2.61. The number of carbonyl (C=O) groups excluding carboxylic acids is 2. The van der Waals surface area contributed by atoms with Crippen molar-refractivity contribution in [2.24, 2.45) is 0 Å². The smallest absolute Gasteiger partial charge is 0.223 e. The third-order valence-corrected chi connectivity index (χ3v) is 3.22. The Labute approximate surface area is 106 Å². The van der Waals surface area contributed by atoms with Gasteiger partial charge in [0.05, 0.1) is 0 Å². The molecule has 0 spiro atoms. The second kappa shape index (κ2) is 5.29. The summed E-state index contributed by atoms with van der Waals surface area (Å²) in [5.41, 5.74) is 1.98. The highest BCUT2D eigenvalue weighted by Crippen LogP contribution is 2.20. The van der Waals surface area contributed by atoms with Crippen molar-refractivity contribution < 1.29 is 14.0 Å².